The van der Waals surface area contributed by atoms with E-state index < -0.39 is 0 Å². The molecule has 0 aromatic rings. The van der Waals surface area contributed by atoms with Gasteiger partial charge in [-0.15, -0.1) is 0 Å². The van der Waals surface area contributed by atoms with Crippen LogP contribution in [0.25, 0.3) is 0 Å². The second-order valence-corrected chi connectivity index (χ2v) is 5.89. The van der Waals surface area contributed by atoms with Crippen LogP contribution in [0.15, 0.2) is 0 Å². The van der Waals surface area contributed by atoms with Gasteiger partial charge in [-0.05, 0) is 44.6 Å². The Morgan fingerprint density at radius 3 is 1.75 bits per heavy atom. The fraction of sp³-hybridized carbons (Fsp3) is 1.00. The monoisotopic (exact) mass is 229 g/mol. The molecule has 0 saturated heterocycles. The van der Waals surface area contributed by atoms with E-state index in [0.29, 0.717) is 0 Å². The highest BCUT2D eigenvalue weighted by atomic mass is 16.3. The zero-order valence-corrected chi connectivity index (χ0v) is 11.9. The van der Waals surface area contributed by atoms with Crippen molar-refractivity contribution in [3.63, 3.8) is 0 Å². The van der Waals surface area contributed by atoms with Crippen molar-refractivity contribution in [3.05, 3.63) is 0 Å². The van der Waals surface area contributed by atoms with E-state index in [9.17, 15) is 5.11 Å². The Morgan fingerprint density at radius 2 is 1.38 bits per heavy atom. The van der Waals surface area contributed by atoms with Gasteiger partial charge in [-0.1, -0.05) is 27.7 Å². The lowest BCUT2D eigenvalue weighted by Gasteiger charge is -2.26. The number of nitrogens with zero attached hydrogens (tertiary/aromatic N) is 1. The van der Waals surface area contributed by atoms with Crippen LogP contribution >= 0.6 is 0 Å². The van der Waals surface area contributed by atoms with Crippen molar-refractivity contribution >= 4 is 0 Å². The molecule has 0 radical (unpaired) electrons. The van der Waals surface area contributed by atoms with Crippen molar-refractivity contribution in [2.45, 2.75) is 60.0 Å². The summed E-state index contributed by atoms with van der Waals surface area (Å²) in [5, 5.41) is 9.19. The number of aliphatic hydroxyl groups is 1. The summed E-state index contributed by atoms with van der Waals surface area (Å²) >= 11 is 0. The molecule has 0 saturated carbocycles. The molecule has 0 amide bonds. The van der Waals surface area contributed by atoms with Crippen LogP contribution in [0.4, 0.5) is 0 Å². The van der Waals surface area contributed by atoms with Gasteiger partial charge in [0, 0.05) is 13.1 Å². The molecule has 0 aromatic heterocycles. The van der Waals surface area contributed by atoms with Crippen LogP contribution in [0.1, 0.15) is 53.9 Å². The van der Waals surface area contributed by atoms with Crippen LogP contribution in [-0.2, 0) is 0 Å². The molecule has 2 heteroatoms. The van der Waals surface area contributed by atoms with Crippen LogP contribution in [0.5, 0.6) is 0 Å². The molecular weight excluding hydrogens is 198 g/mol. The molecule has 0 heterocycles. The smallest absolute Gasteiger partial charge is 0.0512 e. The third-order valence-electron chi connectivity index (χ3n) is 2.59. The number of aliphatic hydroxyl groups excluding tert-OH is 1. The molecule has 0 rings (SSSR count). The molecular formula is C14H31NO. The summed E-state index contributed by atoms with van der Waals surface area (Å²) in [6, 6.07) is 0. The summed E-state index contributed by atoms with van der Waals surface area (Å²) in [5.74, 6) is 1.49. The minimum atomic E-state index is -0.136. The molecule has 1 atom stereocenters. The van der Waals surface area contributed by atoms with Crippen LogP contribution < -0.4 is 0 Å². The summed E-state index contributed by atoms with van der Waals surface area (Å²) < 4.78 is 0. The predicted molar refractivity (Wildman–Crippen MR) is 71.6 cm³/mol. The van der Waals surface area contributed by atoms with E-state index in [1.54, 1.807) is 0 Å². The lowest BCUT2D eigenvalue weighted by molar-refractivity contribution is 0.172. The fourth-order valence-electron chi connectivity index (χ4n) is 2.07. The molecule has 0 fully saturated rings. The van der Waals surface area contributed by atoms with Crippen LogP contribution in [0, 0.1) is 11.8 Å². The molecule has 2 nitrogen and oxygen atoms in total. The summed E-state index contributed by atoms with van der Waals surface area (Å²) in [6.45, 7) is 14.6. The van der Waals surface area contributed by atoms with Gasteiger partial charge in [0.05, 0.1) is 6.10 Å². The molecule has 0 aliphatic carbocycles. The van der Waals surface area contributed by atoms with Gasteiger partial charge >= 0.3 is 0 Å². The van der Waals surface area contributed by atoms with E-state index in [4.69, 9.17) is 0 Å². The van der Waals surface area contributed by atoms with Crippen molar-refractivity contribution in [3.8, 4) is 0 Å². The molecule has 1 N–H and O–H groups in total. The van der Waals surface area contributed by atoms with E-state index in [-0.39, 0.29) is 6.10 Å². The van der Waals surface area contributed by atoms with Gasteiger partial charge in [-0.3, -0.25) is 0 Å². The second kappa shape index (κ2) is 9.00. The normalized spacial score (nSPS) is 14.1. The molecule has 0 aromatic carbocycles. The molecule has 0 aliphatic heterocycles. The average Bonchev–Trinajstić information content (AvgIpc) is 2.09. The highest BCUT2D eigenvalue weighted by molar-refractivity contribution is 4.63. The number of rotatable bonds is 9. The standard InChI is InChI=1S/C14H31NO/c1-12(2)10-15(11-13(3)4)9-7-6-8-14(5)16/h12-14,16H,6-11H2,1-5H3. The Hall–Kier alpha value is -0.0800. The third-order valence-corrected chi connectivity index (χ3v) is 2.59. The maximum Gasteiger partial charge on any atom is 0.0512 e. The largest absolute Gasteiger partial charge is 0.393 e. The fourth-order valence-corrected chi connectivity index (χ4v) is 2.07. The highest BCUT2D eigenvalue weighted by Crippen LogP contribution is 2.07. The van der Waals surface area contributed by atoms with E-state index in [0.717, 1.165) is 24.7 Å². The van der Waals surface area contributed by atoms with Gasteiger partial charge < -0.3 is 10.0 Å². The van der Waals surface area contributed by atoms with Gasteiger partial charge in [-0.25, -0.2) is 0 Å². The Bertz CT molecular complexity index is 145. The number of hydrogen-bond acceptors (Lipinski definition) is 2. The van der Waals surface area contributed by atoms with Gasteiger partial charge in [0.2, 0.25) is 0 Å². The van der Waals surface area contributed by atoms with E-state index in [1.165, 1.54) is 26.1 Å². The van der Waals surface area contributed by atoms with Gasteiger partial charge in [0.1, 0.15) is 0 Å². The molecule has 1 unspecified atom stereocenters. The van der Waals surface area contributed by atoms with Crippen molar-refractivity contribution in [2.75, 3.05) is 19.6 Å². The summed E-state index contributed by atoms with van der Waals surface area (Å²) in [4.78, 5) is 2.57. The lowest BCUT2D eigenvalue weighted by Crippen LogP contribution is -2.32. The van der Waals surface area contributed by atoms with E-state index in [2.05, 4.69) is 32.6 Å². The number of hydrogen-bond donors (Lipinski definition) is 1. The van der Waals surface area contributed by atoms with Crippen molar-refractivity contribution in [1.82, 2.24) is 4.90 Å². The predicted octanol–water partition coefficient (Wildman–Crippen LogP) is 3.15. The quantitative estimate of drug-likeness (QED) is 0.614. The van der Waals surface area contributed by atoms with E-state index in [1.807, 2.05) is 6.92 Å². The maximum atomic E-state index is 9.19. The summed E-state index contributed by atoms with van der Waals surface area (Å²) in [5.41, 5.74) is 0. The van der Waals surface area contributed by atoms with Crippen molar-refractivity contribution < 1.29 is 5.11 Å². The lowest BCUT2D eigenvalue weighted by atomic mass is 10.1. The molecule has 0 spiro atoms. The van der Waals surface area contributed by atoms with Gasteiger partial charge in [0.25, 0.3) is 0 Å². The first kappa shape index (κ1) is 15.9. The van der Waals surface area contributed by atoms with Crippen LogP contribution in [0.3, 0.4) is 0 Å². The Labute approximate surface area is 102 Å². The molecule has 0 bridgehead atoms. The van der Waals surface area contributed by atoms with Crippen molar-refractivity contribution in [1.29, 1.82) is 0 Å². The number of unbranched alkanes of at least 4 members (excludes halogenated alkanes) is 1. The molecule has 16 heavy (non-hydrogen) atoms. The Morgan fingerprint density at radius 1 is 0.875 bits per heavy atom. The first-order valence-corrected chi connectivity index (χ1v) is 6.82. The van der Waals surface area contributed by atoms with Crippen LogP contribution in [-0.4, -0.2) is 35.7 Å². The zero-order chi connectivity index (χ0) is 12.6. The first-order chi connectivity index (χ1) is 7.41. The third kappa shape index (κ3) is 10.4. The minimum absolute atomic E-state index is 0.136. The summed E-state index contributed by atoms with van der Waals surface area (Å²) in [7, 11) is 0. The zero-order valence-electron chi connectivity index (χ0n) is 11.9. The minimum Gasteiger partial charge on any atom is -0.393 e. The Balaban J connectivity index is 3.73. The van der Waals surface area contributed by atoms with Crippen LogP contribution in [0.2, 0.25) is 0 Å². The van der Waals surface area contributed by atoms with Gasteiger partial charge in [0.15, 0.2) is 0 Å². The van der Waals surface area contributed by atoms with Gasteiger partial charge in [-0.2, -0.15) is 0 Å². The Kier molecular flexibility index (Phi) is 8.96. The summed E-state index contributed by atoms with van der Waals surface area (Å²) in [6.07, 6.45) is 3.16. The van der Waals surface area contributed by atoms with E-state index >= 15 is 0 Å². The topological polar surface area (TPSA) is 23.5 Å². The van der Waals surface area contributed by atoms with Crippen molar-refractivity contribution in [2.24, 2.45) is 11.8 Å². The molecule has 0 aliphatic rings. The SMILES string of the molecule is CC(C)CN(CCCCC(C)O)CC(C)C. The maximum absolute atomic E-state index is 9.19. The first-order valence-electron chi connectivity index (χ1n) is 6.82. The second-order valence-electron chi connectivity index (χ2n) is 5.89. The average molecular weight is 229 g/mol. The highest BCUT2D eigenvalue weighted by Gasteiger charge is 2.09. The molecule has 98 valence electrons.